The van der Waals surface area contributed by atoms with Crippen LogP contribution in [0.2, 0.25) is 0 Å². The molecule has 1 saturated carbocycles. The van der Waals surface area contributed by atoms with E-state index < -0.39 is 5.54 Å². The van der Waals surface area contributed by atoms with Gasteiger partial charge in [-0.25, -0.2) is 0 Å². The third-order valence-electron chi connectivity index (χ3n) is 2.51. The minimum Gasteiger partial charge on any atom is -0.295 e. The molecule has 0 aromatic rings. The number of nitrogens with one attached hydrogen (secondary N) is 1. The summed E-state index contributed by atoms with van der Waals surface area (Å²) >= 11 is 0. The van der Waals surface area contributed by atoms with Crippen molar-refractivity contribution in [2.24, 2.45) is 5.92 Å². The van der Waals surface area contributed by atoms with E-state index in [0.717, 1.165) is 5.92 Å². The summed E-state index contributed by atoms with van der Waals surface area (Å²) in [5.41, 5.74) is -0.272. The number of nitrogens with zero attached hydrogens (tertiary/aromatic N) is 1. The van der Waals surface area contributed by atoms with E-state index in [1.807, 2.05) is 13.8 Å². The van der Waals surface area contributed by atoms with Crippen molar-refractivity contribution >= 4 is 0 Å². The van der Waals surface area contributed by atoms with Gasteiger partial charge in [-0.15, -0.1) is 0 Å². The molecular weight excluding hydrogens is 148 g/mol. The molecule has 0 radical (unpaired) electrons. The van der Waals surface area contributed by atoms with Gasteiger partial charge in [0.2, 0.25) is 0 Å². The summed E-state index contributed by atoms with van der Waals surface area (Å²) in [6.07, 6.45) is 2.61. The van der Waals surface area contributed by atoms with Gasteiger partial charge in [-0.1, -0.05) is 0 Å². The predicted octanol–water partition coefficient (Wildman–Crippen LogP) is 2.07. The average Bonchev–Trinajstić information content (AvgIpc) is 2.65. The molecule has 1 aliphatic rings. The van der Waals surface area contributed by atoms with Crippen molar-refractivity contribution in [2.45, 2.75) is 51.6 Å². The highest BCUT2D eigenvalue weighted by Crippen LogP contribution is 2.39. The third-order valence-corrected chi connectivity index (χ3v) is 2.51. The van der Waals surface area contributed by atoms with Crippen LogP contribution >= 0.6 is 0 Å². The van der Waals surface area contributed by atoms with E-state index in [2.05, 4.69) is 25.2 Å². The molecule has 1 rings (SSSR count). The summed E-state index contributed by atoms with van der Waals surface area (Å²) in [7, 11) is 0. The highest BCUT2D eigenvalue weighted by atomic mass is 15.0. The maximum Gasteiger partial charge on any atom is 0.101 e. The molecule has 0 aromatic heterocycles. The fourth-order valence-electron chi connectivity index (χ4n) is 1.74. The van der Waals surface area contributed by atoms with Crippen LogP contribution in [-0.4, -0.2) is 11.1 Å². The van der Waals surface area contributed by atoms with Gasteiger partial charge in [0.15, 0.2) is 0 Å². The number of hydrogen-bond acceptors (Lipinski definition) is 2. The van der Waals surface area contributed by atoms with E-state index >= 15 is 0 Å². The van der Waals surface area contributed by atoms with Gasteiger partial charge in [0, 0.05) is 5.54 Å². The van der Waals surface area contributed by atoms with Crippen LogP contribution in [0.4, 0.5) is 0 Å². The molecule has 0 bridgehead atoms. The van der Waals surface area contributed by atoms with E-state index in [1.54, 1.807) is 0 Å². The van der Waals surface area contributed by atoms with Crippen molar-refractivity contribution in [3.05, 3.63) is 0 Å². The zero-order valence-corrected chi connectivity index (χ0v) is 8.44. The number of hydrogen-bond donors (Lipinski definition) is 1. The molecule has 0 heterocycles. The van der Waals surface area contributed by atoms with E-state index in [9.17, 15) is 0 Å². The van der Waals surface area contributed by atoms with E-state index in [4.69, 9.17) is 5.26 Å². The zero-order chi connectivity index (χ0) is 9.41. The first kappa shape index (κ1) is 9.54. The largest absolute Gasteiger partial charge is 0.295 e. The van der Waals surface area contributed by atoms with Crippen LogP contribution < -0.4 is 5.32 Å². The third kappa shape index (κ3) is 2.22. The second kappa shape index (κ2) is 2.74. The van der Waals surface area contributed by atoms with Crippen LogP contribution in [-0.2, 0) is 0 Å². The zero-order valence-electron chi connectivity index (χ0n) is 8.44. The first-order valence-corrected chi connectivity index (χ1v) is 4.58. The highest BCUT2D eigenvalue weighted by molar-refractivity contribution is 5.07. The lowest BCUT2D eigenvalue weighted by molar-refractivity contribution is 0.278. The van der Waals surface area contributed by atoms with Crippen LogP contribution in [0.15, 0.2) is 0 Å². The molecule has 1 N–H and O–H groups in total. The summed E-state index contributed by atoms with van der Waals surface area (Å²) in [4.78, 5) is 0. The van der Waals surface area contributed by atoms with Crippen LogP contribution in [0.1, 0.15) is 40.5 Å². The van der Waals surface area contributed by atoms with Gasteiger partial charge < -0.3 is 0 Å². The van der Waals surface area contributed by atoms with Crippen LogP contribution in [0.5, 0.6) is 0 Å². The van der Waals surface area contributed by atoms with Crippen molar-refractivity contribution in [3.63, 3.8) is 0 Å². The lowest BCUT2D eigenvalue weighted by Crippen LogP contribution is -2.52. The Morgan fingerprint density at radius 3 is 2.08 bits per heavy atom. The Balaban J connectivity index is 2.55. The molecule has 0 aromatic carbocycles. The van der Waals surface area contributed by atoms with Crippen LogP contribution in [0.3, 0.4) is 0 Å². The van der Waals surface area contributed by atoms with Crippen LogP contribution in [0.25, 0.3) is 0 Å². The number of rotatable bonds is 3. The summed E-state index contributed by atoms with van der Waals surface area (Å²) in [5.74, 6) is 0.769. The van der Waals surface area contributed by atoms with Crippen molar-refractivity contribution in [3.8, 4) is 6.07 Å². The summed E-state index contributed by atoms with van der Waals surface area (Å²) in [6.45, 7) is 8.22. The lowest BCUT2D eigenvalue weighted by Gasteiger charge is -2.33. The molecule has 0 spiro atoms. The summed E-state index contributed by atoms with van der Waals surface area (Å²) < 4.78 is 0. The molecule has 0 atom stereocenters. The van der Waals surface area contributed by atoms with E-state index in [-0.39, 0.29) is 5.54 Å². The molecule has 0 saturated heterocycles. The Kier molecular flexibility index (Phi) is 2.18. The molecule has 0 unspecified atom stereocenters. The predicted molar refractivity (Wildman–Crippen MR) is 49.6 cm³/mol. The molecule has 1 aliphatic carbocycles. The monoisotopic (exact) mass is 166 g/mol. The Morgan fingerprint density at radius 2 is 1.75 bits per heavy atom. The van der Waals surface area contributed by atoms with Gasteiger partial charge in [0.25, 0.3) is 0 Å². The number of nitriles is 1. The average molecular weight is 166 g/mol. The topological polar surface area (TPSA) is 35.8 Å². The Bertz CT molecular complexity index is 206. The van der Waals surface area contributed by atoms with Gasteiger partial charge >= 0.3 is 0 Å². The maximum atomic E-state index is 8.85. The standard InChI is InChI=1S/C10H18N2/c1-9(2,7-11)12-10(3,4)8-5-6-8/h8,12H,5-6H2,1-4H3. The Morgan fingerprint density at radius 1 is 1.25 bits per heavy atom. The van der Waals surface area contributed by atoms with Crippen molar-refractivity contribution < 1.29 is 0 Å². The first-order chi connectivity index (χ1) is 5.37. The molecular formula is C10H18N2. The fraction of sp³-hybridized carbons (Fsp3) is 0.900. The van der Waals surface area contributed by atoms with Crippen LogP contribution in [0, 0.1) is 17.2 Å². The van der Waals surface area contributed by atoms with Gasteiger partial charge in [-0.3, -0.25) is 5.32 Å². The van der Waals surface area contributed by atoms with Crippen molar-refractivity contribution in [1.29, 1.82) is 5.26 Å². The Labute approximate surface area is 75.0 Å². The van der Waals surface area contributed by atoms with Gasteiger partial charge in [-0.05, 0) is 46.5 Å². The summed E-state index contributed by atoms with van der Waals surface area (Å²) in [6, 6.07) is 2.27. The maximum absolute atomic E-state index is 8.85. The van der Waals surface area contributed by atoms with Gasteiger partial charge in [0.05, 0.1) is 6.07 Å². The SMILES string of the molecule is CC(C)(C#N)NC(C)(C)C1CC1. The minimum absolute atomic E-state index is 0.124. The van der Waals surface area contributed by atoms with Gasteiger partial charge in [-0.2, -0.15) is 5.26 Å². The van der Waals surface area contributed by atoms with Gasteiger partial charge in [0.1, 0.15) is 5.54 Å². The molecule has 2 heteroatoms. The first-order valence-electron chi connectivity index (χ1n) is 4.58. The minimum atomic E-state index is -0.397. The summed E-state index contributed by atoms with van der Waals surface area (Å²) in [5, 5.41) is 12.2. The second-order valence-corrected chi connectivity index (χ2v) is 4.86. The molecule has 0 amide bonds. The molecule has 1 fully saturated rings. The molecule has 68 valence electrons. The smallest absolute Gasteiger partial charge is 0.101 e. The normalized spacial score (nSPS) is 18.9. The van der Waals surface area contributed by atoms with E-state index in [0.29, 0.717) is 0 Å². The molecule has 12 heavy (non-hydrogen) atoms. The molecule has 2 nitrogen and oxygen atoms in total. The Hall–Kier alpha value is -0.550. The highest BCUT2D eigenvalue weighted by Gasteiger charge is 2.40. The van der Waals surface area contributed by atoms with E-state index in [1.165, 1.54) is 12.8 Å². The fourth-order valence-corrected chi connectivity index (χ4v) is 1.74. The van der Waals surface area contributed by atoms with Crippen molar-refractivity contribution in [2.75, 3.05) is 0 Å². The lowest BCUT2D eigenvalue weighted by atomic mass is 9.94. The molecule has 0 aliphatic heterocycles. The van der Waals surface area contributed by atoms with Crippen molar-refractivity contribution in [1.82, 2.24) is 5.32 Å². The second-order valence-electron chi connectivity index (χ2n) is 4.86. The quantitative estimate of drug-likeness (QED) is 0.696.